The van der Waals surface area contributed by atoms with Gasteiger partial charge in [0.15, 0.2) is 4.87 Å². The van der Waals surface area contributed by atoms with Crippen LogP contribution in [0.2, 0.25) is 0 Å². The summed E-state index contributed by atoms with van der Waals surface area (Å²) in [5.41, 5.74) is 0.396. The van der Waals surface area contributed by atoms with E-state index in [1.54, 1.807) is 30.3 Å². The summed E-state index contributed by atoms with van der Waals surface area (Å²) in [4.78, 5) is 10.5. The number of primary sulfonamides is 1. The van der Waals surface area contributed by atoms with E-state index in [-0.39, 0.29) is 13.0 Å². The van der Waals surface area contributed by atoms with E-state index in [4.69, 9.17) is 5.14 Å². The zero-order valence-corrected chi connectivity index (χ0v) is 10.4. The number of carboxylic acid groups (broad SMARTS) is 1. The fourth-order valence-electron chi connectivity index (χ4n) is 2.50. The van der Waals surface area contributed by atoms with E-state index < -0.39 is 21.0 Å². The molecule has 0 spiro atoms. The standard InChI is InChI=1S/C11H14N2O4S/c12-18(16,17)11(9-5-2-1-3-6-9)7-4-8-13(11)10(14)15/h1-3,5-6H,4,7-8H2,(H,14,15)(H2,12,16,17). The third kappa shape index (κ3) is 1.75. The monoisotopic (exact) mass is 270 g/mol. The van der Waals surface area contributed by atoms with Crippen LogP contribution in [0.5, 0.6) is 0 Å². The Morgan fingerprint density at radius 1 is 1.33 bits per heavy atom. The minimum atomic E-state index is -4.07. The Balaban J connectivity index is 2.66. The zero-order valence-electron chi connectivity index (χ0n) is 9.61. The quantitative estimate of drug-likeness (QED) is 0.833. The predicted molar refractivity (Wildman–Crippen MR) is 65.2 cm³/mol. The van der Waals surface area contributed by atoms with Crippen molar-refractivity contribution < 1.29 is 18.3 Å². The van der Waals surface area contributed by atoms with E-state index in [1.165, 1.54) is 0 Å². The molecule has 1 fully saturated rings. The fraction of sp³-hybridized carbons (Fsp3) is 0.364. The largest absolute Gasteiger partial charge is 0.465 e. The average molecular weight is 270 g/mol. The maximum absolute atomic E-state index is 11.9. The summed E-state index contributed by atoms with van der Waals surface area (Å²) in [5.74, 6) is 0. The molecule has 7 heteroatoms. The number of amides is 1. The second-order valence-corrected chi connectivity index (χ2v) is 6.00. The Morgan fingerprint density at radius 2 is 1.94 bits per heavy atom. The maximum atomic E-state index is 11.9. The van der Waals surface area contributed by atoms with Gasteiger partial charge >= 0.3 is 6.09 Å². The Kier molecular flexibility index (Phi) is 3.04. The zero-order chi connectivity index (χ0) is 13.4. The van der Waals surface area contributed by atoms with Gasteiger partial charge in [0.1, 0.15) is 0 Å². The molecule has 0 radical (unpaired) electrons. The molecule has 1 heterocycles. The topological polar surface area (TPSA) is 101 Å². The number of hydrogen-bond acceptors (Lipinski definition) is 3. The highest BCUT2D eigenvalue weighted by Crippen LogP contribution is 2.42. The number of rotatable bonds is 2. The Labute approximate surface area is 105 Å². The molecule has 0 aliphatic carbocycles. The van der Waals surface area contributed by atoms with Crippen LogP contribution in [0.25, 0.3) is 0 Å². The van der Waals surface area contributed by atoms with Gasteiger partial charge in [-0.2, -0.15) is 0 Å². The van der Waals surface area contributed by atoms with Gasteiger partial charge in [0, 0.05) is 6.54 Å². The molecule has 1 unspecified atom stereocenters. The molecule has 0 saturated carbocycles. The van der Waals surface area contributed by atoms with Crippen LogP contribution >= 0.6 is 0 Å². The third-order valence-corrected chi connectivity index (χ3v) is 4.86. The summed E-state index contributed by atoms with van der Waals surface area (Å²) in [5, 5.41) is 14.5. The van der Waals surface area contributed by atoms with Crippen molar-refractivity contribution in [3.05, 3.63) is 35.9 Å². The smallest absolute Gasteiger partial charge is 0.408 e. The van der Waals surface area contributed by atoms with Crippen molar-refractivity contribution in [2.75, 3.05) is 6.54 Å². The van der Waals surface area contributed by atoms with Crippen molar-refractivity contribution in [3.8, 4) is 0 Å². The van der Waals surface area contributed by atoms with Gasteiger partial charge in [-0.1, -0.05) is 30.3 Å². The molecule has 0 aromatic heterocycles. The van der Waals surface area contributed by atoms with Gasteiger partial charge in [-0.3, -0.25) is 4.90 Å². The van der Waals surface area contributed by atoms with Crippen molar-refractivity contribution >= 4 is 16.1 Å². The lowest BCUT2D eigenvalue weighted by atomic mass is 10.0. The molecule has 1 aromatic carbocycles. The molecule has 1 saturated heterocycles. The lowest BCUT2D eigenvalue weighted by Crippen LogP contribution is -2.52. The summed E-state index contributed by atoms with van der Waals surface area (Å²) in [6, 6.07) is 8.25. The molecule has 1 aromatic rings. The first-order valence-corrected chi connectivity index (χ1v) is 7.02. The maximum Gasteiger partial charge on any atom is 0.408 e. The molecule has 18 heavy (non-hydrogen) atoms. The van der Waals surface area contributed by atoms with E-state index in [0.29, 0.717) is 12.0 Å². The molecule has 0 bridgehead atoms. The van der Waals surface area contributed by atoms with E-state index in [9.17, 15) is 18.3 Å². The second-order valence-electron chi connectivity index (χ2n) is 4.23. The lowest BCUT2D eigenvalue weighted by Gasteiger charge is -2.34. The number of carbonyl (C=O) groups is 1. The highest BCUT2D eigenvalue weighted by Gasteiger charge is 2.53. The normalized spacial score (nSPS) is 24.2. The second kappa shape index (κ2) is 4.25. The Bertz CT molecular complexity index is 558. The number of nitrogens with zero attached hydrogens (tertiary/aromatic N) is 1. The first kappa shape index (κ1) is 12.8. The van der Waals surface area contributed by atoms with E-state index in [1.807, 2.05) is 0 Å². The van der Waals surface area contributed by atoms with Crippen LogP contribution in [-0.2, 0) is 14.9 Å². The minimum Gasteiger partial charge on any atom is -0.465 e. The Morgan fingerprint density at radius 3 is 2.44 bits per heavy atom. The highest BCUT2D eigenvalue weighted by atomic mass is 32.2. The van der Waals surface area contributed by atoms with Crippen LogP contribution in [-0.4, -0.2) is 31.1 Å². The molecule has 6 nitrogen and oxygen atoms in total. The molecule has 3 N–H and O–H groups in total. The van der Waals surface area contributed by atoms with E-state index in [2.05, 4.69) is 0 Å². The molecular formula is C11H14N2O4S. The van der Waals surface area contributed by atoms with Crippen LogP contribution in [0.1, 0.15) is 18.4 Å². The van der Waals surface area contributed by atoms with Gasteiger partial charge in [0.25, 0.3) is 0 Å². The molecule has 1 aliphatic rings. The summed E-state index contributed by atoms with van der Waals surface area (Å²) >= 11 is 0. The van der Waals surface area contributed by atoms with Gasteiger partial charge in [-0.25, -0.2) is 18.4 Å². The van der Waals surface area contributed by atoms with Crippen molar-refractivity contribution in [3.63, 3.8) is 0 Å². The van der Waals surface area contributed by atoms with Crippen LogP contribution in [0, 0.1) is 0 Å². The first-order chi connectivity index (χ1) is 8.39. The van der Waals surface area contributed by atoms with Crippen LogP contribution in [0.4, 0.5) is 4.79 Å². The van der Waals surface area contributed by atoms with Gasteiger partial charge in [0.2, 0.25) is 10.0 Å². The van der Waals surface area contributed by atoms with Gasteiger partial charge < -0.3 is 5.11 Å². The average Bonchev–Trinajstić information content (AvgIpc) is 2.75. The van der Waals surface area contributed by atoms with Gasteiger partial charge in [0.05, 0.1) is 0 Å². The van der Waals surface area contributed by atoms with E-state index >= 15 is 0 Å². The first-order valence-electron chi connectivity index (χ1n) is 5.48. The SMILES string of the molecule is NS(=O)(=O)C1(c2ccccc2)CCCN1C(=O)O. The highest BCUT2D eigenvalue weighted by molar-refractivity contribution is 7.90. The summed E-state index contributed by atoms with van der Waals surface area (Å²) in [6.07, 6.45) is -0.620. The van der Waals surface area contributed by atoms with Crippen LogP contribution in [0.15, 0.2) is 30.3 Å². The number of sulfonamides is 1. The Hall–Kier alpha value is -1.60. The number of likely N-dealkylation sites (tertiary alicyclic amines) is 1. The molecular weight excluding hydrogens is 256 g/mol. The van der Waals surface area contributed by atoms with Gasteiger partial charge in [-0.15, -0.1) is 0 Å². The number of nitrogens with two attached hydrogens (primary N) is 1. The molecule has 1 atom stereocenters. The van der Waals surface area contributed by atoms with Crippen LogP contribution < -0.4 is 5.14 Å². The van der Waals surface area contributed by atoms with Crippen LogP contribution in [0.3, 0.4) is 0 Å². The van der Waals surface area contributed by atoms with Crippen molar-refractivity contribution in [2.24, 2.45) is 5.14 Å². The fourth-order valence-corrected chi connectivity index (χ4v) is 3.87. The van der Waals surface area contributed by atoms with Gasteiger partial charge in [-0.05, 0) is 18.4 Å². The molecule has 1 amide bonds. The van der Waals surface area contributed by atoms with E-state index in [0.717, 1.165) is 4.90 Å². The van der Waals surface area contributed by atoms with Crippen molar-refractivity contribution in [1.29, 1.82) is 0 Å². The summed E-state index contributed by atoms with van der Waals surface area (Å²) in [7, 11) is -4.07. The predicted octanol–water partition coefficient (Wildman–Crippen LogP) is 0.902. The third-order valence-electron chi connectivity index (χ3n) is 3.26. The van der Waals surface area contributed by atoms with Crippen molar-refractivity contribution in [2.45, 2.75) is 17.7 Å². The molecule has 98 valence electrons. The molecule has 1 aliphatic heterocycles. The summed E-state index contributed by atoms with van der Waals surface area (Å²) in [6.45, 7) is 0.167. The summed E-state index contributed by atoms with van der Waals surface area (Å²) < 4.78 is 23.9. The molecule has 2 rings (SSSR count). The number of benzene rings is 1. The number of hydrogen-bond donors (Lipinski definition) is 2. The lowest BCUT2D eigenvalue weighted by molar-refractivity contribution is 0.129. The minimum absolute atomic E-state index is 0.167. The van der Waals surface area contributed by atoms with Crippen molar-refractivity contribution in [1.82, 2.24) is 4.90 Å².